The fraction of sp³-hybridized carbons (Fsp3) is 0.900. The van der Waals surface area contributed by atoms with Crippen LogP contribution in [-0.4, -0.2) is 25.8 Å². The van der Waals surface area contributed by atoms with Crippen LogP contribution >= 0.6 is 0 Å². The van der Waals surface area contributed by atoms with E-state index in [9.17, 15) is 8.42 Å². The van der Waals surface area contributed by atoms with Crippen LogP contribution in [0.1, 0.15) is 46.0 Å². The smallest absolute Gasteiger partial charge is 0.278 e. The van der Waals surface area contributed by atoms with E-state index in [0.29, 0.717) is 12.8 Å². The van der Waals surface area contributed by atoms with Crippen molar-refractivity contribution < 1.29 is 8.42 Å². The standard InChI is InChI=1S/C10H22N4O2S/c1-8(2)13-17(15,16)14-10(9(11)12)6-4-3-5-7-10/h8,13-14H,3-7H2,1-2H3,(H3,11,12). The molecule has 0 radical (unpaired) electrons. The minimum absolute atomic E-state index is 0.0914. The van der Waals surface area contributed by atoms with E-state index < -0.39 is 15.7 Å². The maximum absolute atomic E-state index is 11.8. The first-order chi connectivity index (χ1) is 7.77. The largest absolute Gasteiger partial charge is 0.386 e. The van der Waals surface area contributed by atoms with Crippen LogP contribution in [0.15, 0.2) is 0 Å². The Hall–Kier alpha value is -0.660. The minimum Gasteiger partial charge on any atom is -0.386 e. The van der Waals surface area contributed by atoms with E-state index in [4.69, 9.17) is 11.1 Å². The van der Waals surface area contributed by atoms with Crippen molar-refractivity contribution in [2.45, 2.75) is 57.5 Å². The predicted octanol–water partition coefficient (Wildman–Crippen LogP) is 0.458. The first kappa shape index (κ1) is 14.4. The first-order valence-corrected chi connectivity index (χ1v) is 7.41. The van der Waals surface area contributed by atoms with Gasteiger partial charge in [-0.05, 0) is 26.7 Å². The van der Waals surface area contributed by atoms with Crippen molar-refractivity contribution in [3.05, 3.63) is 0 Å². The second-order valence-corrected chi connectivity index (χ2v) is 6.38. The third-order valence-electron chi connectivity index (χ3n) is 2.94. The Morgan fingerprint density at radius 3 is 2.24 bits per heavy atom. The molecule has 0 aromatic carbocycles. The van der Waals surface area contributed by atoms with E-state index in [1.165, 1.54) is 0 Å². The number of amidine groups is 1. The van der Waals surface area contributed by atoms with Gasteiger partial charge in [-0.15, -0.1) is 0 Å². The number of hydrogen-bond donors (Lipinski definition) is 4. The van der Waals surface area contributed by atoms with Crippen molar-refractivity contribution in [2.75, 3.05) is 0 Å². The van der Waals surface area contributed by atoms with Crippen molar-refractivity contribution in [3.8, 4) is 0 Å². The molecule has 1 fully saturated rings. The molecule has 0 heterocycles. The molecular formula is C10H22N4O2S. The summed E-state index contributed by atoms with van der Waals surface area (Å²) in [5.41, 5.74) is 4.68. The molecule has 0 amide bonds. The molecule has 0 unspecified atom stereocenters. The van der Waals surface area contributed by atoms with Gasteiger partial charge in [-0.2, -0.15) is 17.9 Å². The average Bonchev–Trinajstić information content (AvgIpc) is 2.15. The van der Waals surface area contributed by atoms with E-state index in [1.54, 1.807) is 13.8 Å². The fourth-order valence-corrected chi connectivity index (χ4v) is 3.69. The third kappa shape index (κ3) is 3.93. The Bertz CT molecular complexity index is 372. The molecule has 17 heavy (non-hydrogen) atoms. The van der Waals surface area contributed by atoms with Gasteiger partial charge in [0.05, 0.1) is 5.54 Å². The molecule has 0 bridgehead atoms. The lowest BCUT2D eigenvalue weighted by Crippen LogP contribution is -2.60. The number of hydrogen-bond acceptors (Lipinski definition) is 3. The van der Waals surface area contributed by atoms with Gasteiger partial charge in [-0.1, -0.05) is 19.3 Å². The lowest BCUT2D eigenvalue weighted by Gasteiger charge is -2.36. The molecule has 1 rings (SSSR count). The van der Waals surface area contributed by atoms with Gasteiger partial charge in [-0.3, -0.25) is 5.41 Å². The summed E-state index contributed by atoms with van der Waals surface area (Å²) in [6.45, 7) is 3.50. The van der Waals surface area contributed by atoms with E-state index in [2.05, 4.69) is 9.44 Å². The molecule has 0 saturated heterocycles. The van der Waals surface area contributed by atoms with Crippen LogP contribution in [0.4, 0.5) is 0 Å². The van der Waals surface area contributed by atoms with Crippen LogP contribution in [0, 0.1) is 5.41 Å². The van der Waals surface area contributed by atoms with Crippen LogP contribution in [0.3, 0.4) is 0 Å². The van der Waals surface area contributed by atoms with Crippen LogP contribution in [0.5, 0.6) is 0 Å². The van der Waals surface area contributed by atoms with Crippen LogP contribution in [0.2, 0.25) is 0 Å². The maximum atomic E-state index is 11.8. The highest BCUT2D eigenvalue weighted by atomic mass is 32.2. The van der Waals surface area contributed by atoms with Gasteiger partial charge in [0, 0.05) is 6.04 Å². The Balaban J connectivity index is 2.83. The zero-order valence-electron chi connectivity index (χ0n) is 10.4. The van der Waals surface area contributed by atoms with E-state index in [1.807, 2.05) is 0 Å². The highest BCUT2D eigenvalue weighted by Crippen LogP contribution is 2.28. The van der Waals surface area contributed by atoms with Gasteiger partial charge < -0.3 is 5.73 Å². The first-order valence-electron chi connectivity index (χ1n) is 5.93. The Morgan fingerprint density at radius 2 is 1.82 bits per heavy atom. The van der Waals surface area contributed by atoms with Gasteiger partial charge >= 0.3 is 0 Å². The van der Waals surface area contributed by atoms with Crippen LogP contribution in [0.25, 0.3) is 0 Å². The molecule has 100 valence electrons. The van der Waals surface area contributed by atoms with E-state index in [-0.39, 0.29) is 11.9 Å². The Kier molecular flexibility index (Phi) is 4.51. The van der Waals surface area contributed by atoms with Gasteiger partial charge in [0.25, 0.3) is 10.2 Å². The number of nitrogens with two attached hydrogens (primary N) is 1. The Labute approximate surface area is 103 Å². The Morgan fingerprint density at radius 1 is 1.29 bits per heavy atom. The zero-order chi connectivity index (χ0) is 13.1. The summed E-state index contributed by atoms with van der Waals surface area (Å²) in [5.74, 6) is -0.0914. The highest BCUT2D eigenvalue weighted by molar-refractivity contribution is 7.87. The van der Waals surface area contributed by atoms with E-state index >= 15 is 0 Å². The average molecular weight is 262 g/mol. The number of rotatable bonds is 5. The van der Waals surface area contributed by atoms with Gasteiger partial charge in [-0.25, -0.2) is 0 Å². The van der Waals surface area contributed by atoms with Gasteiger partial charge in [0.2, 0.25) is 0 Å². The molecule has 1 saturated carbocycles. The molecule has 1 aliphatic carbocycles. The predicted molar refractivity (Wildman–Crippen MR) is 68.1 cm³/mol. The second kappa shape index (κ2) is 5.32. The summed E-state index contributed by atoms with van der Waals surface area (Å²) in [7, 11) is -3.60. The topological polar surface area (TPSA) is 108 Å². The molecule has 0 aliphatic heterocycles. The lowest BCUT2D eigenvalue weighted by atomic mass is 9.82. The van der Waals surface area contributed by atoms with Crippen LogP contribution < -0.4 is 15.2 Å². The summed E-state index contributed by atoms with van der Waals surface area (Å²) >= 11 is 0. The molecule has 5 N–H and O–H groups in total. The zero-order valence-corrected chi connectivity index (χ0v) is 11.2. The monoisotopic (exact) mass is 262 g/mol. The van der Waals surface area contributed by atoms with Crippen molar-refractivity contribution in [2.24, 2.45) is 5.73 Å². The minimum atomic E-state index is -3.60. The second-order valence-electron chi connectivity index (χ2n) is 4.93. The molecular weight excluding hydrogens is 240 g/mol. The van der Waals surface area contributed by atoms with Crippen molar-refractivity contribution in [3.63, 3.8) is 0 Å². The molecule has 6 nitrogen and oxygen atoms in total. The molecule has 7 heteroatoms. The summed E-state index contributed by atoms with van der Waals surface area (Å²) in [4.78, 5) is 0. The van der Waals surface area contributed by atoms with E-state index in [0.717, 1.165) is 19.3 Å². The molecule has 0 aromatic rings. The van der Waals surface area contributed by atoms with Crippen LogP contribution in [-0.2, 0) is 10.2 Å². The fourth-order valence-electron chi connectivity index (χ4n) is 2.18. The van der Waals surface area contributed by atoms with Gasteiger partial charge in [0.1, 0.15) is 5.84 Å². The quantitative estimate of drug-likeness (QED) is 0.427. The summed E-state index contributed by atoms with van der Waals surface area (Å²) in [6.07, 6.45) is 4.05. The normalized spacial score (nSPS) is 20.4. The molecule has 1 aliphatic rings. The number of nitrogens with one attached hydrogen (secondary N) is 3. The highest BCUT2D eigenvalue weighted by Gasteiger charge is 2.38. The van der Waals surface area contributed by atoms with Gasteiger partial charge in [0.15, 0.2) is 0 Å². The SMILES string of the molecule is CC(C)NS(=O)(=O)NC1(C(=N)N)CCCCC1. The van der Waals surface area contributed by atoms with Crippen molar-refractivity contribution in [1.82, 2.24) is 9.44 Å². The van der Waals surface area contributed by atoms with Crippen molar-refractivity contribution in [1.29, 1.82) is 5.41 Å². The maximum Gasteiger partial charge on any atom is 0.278 e. The lowest BCUT2D eigenvalue weighted by molar-refractivity contribution is 0.346. The summed E-state index contributed by atoms with van der Waals surface area (Å²) < 4.78 is 28.7. The summed E-state index contributed by atoms with van der Waals surface area (Å²) in [6, 6.07) is -0.180. The molecule has 0 spiro atoms. The summed E-state index contributed by atoms with van der Waals surface area (Å²) in [5, 5.41) is 7.62. The molecule has 0 aromatic heterocycles. The van der Waals surface area contributed by atoms with Crippen molar-refractivity contribution >= 4 is 16.0 Å². The third-order valence-corrected chi connectivity index (χ3v) is 4.38. The molecule has 0 atom stereocenters.